The SMILES string of the molecule is COCCCN(C)c1ccc(CN)c(Br)c1F. The summed E-state index contributed by atoms with van der Waals surface area (Å²) in [5.74, 6) is -0.257. The Labute approximate surface area is 110 Å². The van der Waals surface area contributed by atoms with Crippen molar-refractivity contribution in [3.63, 3.8) is 0 Å². The third-order valence-electron chi connectivity index (χ3n) is 2.62. The van der Waals surface area contributed by atoms with Gasteiger partial charge in [-0.3, -0.25) is 0 Å². The largest absolute Gasteiger partial charge is 0.385 e. The molecule has 0 atom stereocenters. The Morgan fingerprint density at radius 2 is 2.18 bits per heavy atom. The van der Waals surface area contributed by atoms with Crippen LogP contribution in [0.2, 0.25) is 0 Å². The van der Waals surface area contributed by atoms with Crippen molar-refractivity contribution in [3.05, 3.63) is 28.0 Å². The average Bonchev–Trinajstić information content (AvgIpc) is 2.32. The molecule has 17 heavy (non-hydrogen) atoms. The van der Waals surface area contributed by atoms with Crippen molar-refractivity contribution in [3.8, 4) is 0 Å². The molecule has 5 heteroatoms. The zero-order valence-electron chi connectivity index (χ0n) is 10.2. The van der Waals surface area contributed by atoms with E-state index in [1.165, 1.54) is 0 Å². The first-order valence-corrected chi connectivity index (χ1v) is 6.28. The fourth-order valence-electron chi connectivity index (χ4n) is 1.60. The molecule has 0 radical (unpaired) electrons. The van der Waals surface area contributed by atoms with E-state index in [1.807, 2.05) is 18.0 Å². The van der Waals surface area contributed by atoms with Crippen LogP contribution in [-0.4, -0.2) is 27.3 Å². The van der Waals surface area contributed by atoms with E-state index in [4.69, 9.17) is 10.5 Å². The number of nitrogens with two attached hydrogens (primary N) is 1. The molecule has 0 aliphatic carbocycles. The first-order chi connectivity index (χ1) is 8.11. The standard InChI is InChI=1S/C12H18BrFN2O/c1-16(6-3-7-17-2)10-5-4-9(8-15)11(13)12(10)14/h4-5H,3,6-8,15H2,1-2H3. The molecule has 0 spiro atoms. The lowest BCUT2D eigenvalue weighted by molar-refractivity contribution is 0.196. The van der Waals surface area contributed by atoms with Gasteiger partial charge in [0.05, 0.1) is 10.2 Å². The number of hydrogen-bond donors (Lipinski definition) is 1. The number of methoxy groups -OCH3 is 1. The van der Waals surface area contributed by atoms with Crippen molar-refractivity contribution in [1.29, 1.82) is 0 Å². The molecule has 0 bridgehead atoms. The predicted octanol–water partition coefficient (Wildman–Crippen LogP) is 2.52. The van der Waals surface area contributed by atoms with E-state index in [1.54, 1.807) is 13.2 Å². The Morgan fingerprint density at radius 3 is 2.76 bits per heavy atom. The maximum absolute atomic E-state index is 14.0. The van der Waals surface area contributed by atoms with Crippen LogP contribution in [0.5, 0.6) is 0 Å². The lowest BCUT2D eigenvalue weighted by atomic mass is 10.2. The fourth-order valence-corrected chi connectivity index (χ4v) is 2.10. The molecule has 1 aromatic rings. The summed E-state index contributed by atoms with van der Waals surface area (Å²) in [6.45, 7) is 1.75. The zero-order chi connectivity index (χ0) is 12.8. The van der Waals surface area contributed by atoms with E-state index in [-0.39, 0.29) is 5.82 Å². The van der Waals surface area contributed by atoms with Gasteiger partial charge in [0, 0.05) is 33.9 Å². The summed E-state index contributed by atoms with van der Waals surface area (Å²) in [6.07, 6.45) is 0.864. The quantitative estimate of drug-likeness (QED) is 0.821. The molecule has 0 aliphatic rings. The van der Waals surface area contributed by atoms with Gasteiger partial charge in [-0.25, -0.2) is 4.39 Å². The van der Waals surface area contributed by atoms with Crippen LogP contribution in [0.4, 0.5) is 10.1 Å². The average molecular weight is 305 g/mol. The molecule has 0 aromatic heterocycles. The molecular formula is C12H18BrFN2O. The summed E-state index contributed by atoms with van der Waals surface area (Å²) in [5, 5.41) is 0. The molecule has 0 unspecified atom stereocenters. The number of ether oxygens (including phenoxy) is 1. The molecule has 1 rings (SSSR count). The molecule has 2 N–H and O–H groups in total. The van der Waals surface area contributed by atoms with Gasteiger partial charge in [-0.1, -0.05) is 6.07 Å². The van der Waals surface area contributed by atoms with Crippen LogP contribution >= 0.6 is 15.9 Å². The second-order valence-corrected chi connectivity index (χ2v) is 4.64. The molecule has 0 amide bonds. The van der Waals surface area contributed by atoms with Crippen molar-refractivity contribution in [1.82, 2.24) is 0 Å². The van der Waals surface area contributed by atoms with Crippen LogP contribution in [0.15, 0.2) is 16.6 Å². The summed E-state index contributed by atoms with van der Waals surface area (Å²) < 4.78 is 19.5. The Bertz CT molecular complexity index is 374. The van der Waals surface area contributed by atoms with Crippen LogP contribution in [0.3, 0.4) is 0 Å². The van der Waals surface area contributed by atoms with E-state index in [9.17, 15) is 4.39 Å². The van der Waals surface area contributed by atoms with Crippen molar-refractivity contribution >= 4 is 21.6 Å². The minimum absolute atomic E-state index is 0.257. The predicted molar refractivity (Wildman–Crippen MR) is 71.8 cm³/mol. The summed E-state index contributed by atoms with van der Waals surface area (Å²) in [7, 11) is 3.52. The smallest absolute Gasteiger partial charge is 0.160 e. The second kappa shape index (κ2) is 6.93. The highest BCUT2D eigenvalue weighted by molar-refractivity contribution is 9.10. The van der Waals surface area contributed by atoms with Gasteiger partial charge in [0.15, 0.2) is 5.82 Å². The molecule has 0 heterocycles. The first kappa shape index (κ1) is 14.4. The molecule has 0 aliphatic heterocycles. The normalized spacial score (nSPS) is 10.6. The topological polar surface area (TPSA) is 38.5 Å². The van der Waals surface area contributed by atoms with Crippen molar-refractivity contribution in [2.75, 3.05) is 32.2 Å². The summed E-state index contributed by atoms with van der Waals surface area (Å²) in [5.41, 5.74) is 6.87. The number of benzene rings is 1. The van der Waals surface area contributed by atoms with Gasteiger partial charge in [-0.15, -0.1) is 0 Å². The van der Waals surface area contributed by atoms with Gasteiger partial charge < -0.3 is 15.4 Å². The Balaban J connectivity index is 2.80. The van der Waals surface area contributed by atoms with Gasteiger partial charge in [0.2, 0.25) is 0 Å². The molecule has 0 fully saturated rings. The summed E-state index contributed by atoms with van der Waals surface area (Å²) in [6, 6.07) is 3.60. The van der Waals surface area contributed by atoms with Gasteiger partial charge in [0.1, 0.15) is 0 Å². The van der Waals surface area contributed by atoms with E-state index in [0.717, 1.165) is 18.5 Å². The lowest BCUT2D eigenvalue weighted by Gasteiger charge is -2.21. The maximum Gasteiger partial charge on any atom is 0.160 e. The van der Waals surface area contributed by atoms with Crippen molar-refractivity contribution in [2.45, 2.75) is 13.0 Å². The van der Waals surface area contributed by atoms with Crippen LogP contribution in [0.1, 0.15) is 12.0 Å². The van der Waals surface area contributed by atoms with Crippen LogP contribution in [0.25, 0.3) is 0 Å². The van der Waals surface area contributed by atoms with Crippen LogP contribution in [-0.2, 0) is 11.3 Å². The number of halogens is 2. The molecular weight excluding hydrogens is 287 g/mol. The number of anilines is 1. The van der Waals surface area contributed by atoms with E-state index >= 15 is 0 Å². The van der Waals surface area contributed by atoms with Gasteiger partial charge in [-0.05, 0) is 34.0 Å². The van der Waals surface area contributed by atoms with Crippen LogP contribution < -0.4 is 10.6 Å². The third-order valence-corrected chi connectivity index (χ3v) is 3.47. The fraction of sp³-hybridized carbons (Fsp3) is 0.500. The molecule has 0 saturated carbocycles. The number of nitrogens with zero attached hydrogens (tertiary/aromatic N) is 1. The minimum Gasteiger partial charge on any atom is -0.385 e. The van der Waals surface area contributed by atoms with E-state index in [0.29, 0.717) is 23.3 Å². The Morgan fingerprint density at radius 1 is 1.47 bits per heavy atom. The van der Waals surface area contributed by atoms with Gasteiger partial charge in [0.25, 0.3) is 0 Å². The van der Waals surface area contributed by atoms with E-state index in [2.05, 4.69) is 15.9 Å². The number of rotatable bonds is 6. The van der Waals surface area contributed by atoms with Crippen molar-refractivity contribution in [2.24, 2.45) is 5.73 Å². The summed E-state index contributed by atoms with van der Waals surface area (Å²) in [4.78, 5) is 1.87. The monoisotopic (exact) mass is 304 g/mol. The highest BCUT2D eigenvalue weighted by Crippen LogP contribution is 2.28. The Kier molecular flexibility index (Phi) is 5.88. The molecule has 1 aromatic carbocycles. The lowest BCUT2D eigenvalue weighted by Crippen LogP contribution is -2.21. The van der Waals surface area contributed by atoms with E-state index < -0.39 is 0 Å². The second-order valence-electron chi connectivity index (χ2n) is 3.84. The first-order valence-electron chi connectivity index (χ1n) is 5.48. The minimum atomic E-state index is -0.257. The third kappa shape index (κ3) is 3.66. The van der Waals surface area contributed by atoms with Crippen molar-refractivity contribution < 1.29 is 9.13 Å². The highest BCUT2D eigenvalue weighted by Gasteiger charge is 2.13. The number of hydrogen-bond acceptors (Lipinski definition) is 3. The molecule has 0 saturated heterocycles. The Hall–Kier alpha value is -0.650. The summed E-state index contributed by atoms with van der Waals surface area (Å²) >= 11 is 3.23. The highest BCUT2D eigenvalue weighted by atomic mass is 79.9. The molecule has 96 valence electrons. The molecule has 3 nitrogen and oxygen atoms in total. The zero-order valence-corrected chi connectivity index (χ0v) is 11.8. The van der Waals surface area contributed by atoms with Crippen LogP contribution in [0, 0.1) is 5.82 Å². The maximum atomic E-state index is 14.0. The van der Waals surface area contributed by atoms with Gasteiger partial charge in [-0.2, -0.15) is 0 Å². The van der Waals surface area contributed by atoms with Gasteiger partial charge >= 0.3 is 0 Å².